The summed E-state index contributed by atoms with van der Waals surface area (Å²) in [7, 11) is 0. The first-order valence-corrected chi connectivity index (χ1v) is 7.65. The van der Waals surface area contributed by atoms with Crippen LogP contribution in [0.2, 0.25) is 5.02 Å². The van der Waals surface area contributed by atoms with Crippen molar-refractivity contribution in [2.24, 2.45) is 5.92 Å². The first-order valence-electron chi connectivity index (χ1n) is 7.27. The van der Waals surface area contributed by atoms with Gasteiger partial charge in [-0.3, -0.25) is 0 Å². The Hall–Kier alpha value is -2.05. The van der Waals surface area contributed by atoms with Gasteiger partial charge in [0.05, 0.1) is 0 Å². The van der Waals surface area contributed by atoms with Gasteiger partial charge < -0.3 is 0 Å². The van der Waals surface area contributed by atoms with E-state index in [0.29, 0.717) is 5.92 Å². The van der Waals surface area contributed by atoms with Gasteiger partial charge in [0.2, 0.25) is 0 Å². The third-order valence-corrected chi connectivity index (χ3v) is 4.48. The van der Waals surface area contributed by atoms with Gasteiger partial charge in [0, 0.05) is 10.9 Å². The number of allylic oxidation sites excluding steroid dienone is 8. The SMILES string of the molecule is Clc1ccc2cccc(C3=C4C=CC=CC4CC=C3)c2c1. The van der Waals surface area contributed by atoms with Crippen molar-refractivity contribution in [3.05, 3.63) is 89.0 Å². The van der Waals surface area contributed by atoms with E-state index in [-0.39, 0.29) is 0 Å². The molecule has 0 spiro atoms. The van der Waals surface area contributed by atoms with Crippen LogP contribution in [-0.2, 0) is 0 Å². The Balaban J connectivity index is 2.00. The van der Waals surface area contributed by atoms with E-state index in [4.69, 9.17) is 11.6 Å². The van der Waals surface area contributed by atoms with Crippen LogP contribution < -0.4 is 0 Å². The van der Waals surface area contributed by atoms with Gasteiger partial charge in [0.25, 0.3) is 0 Å². The summed E-state index contributed by atoms with van der Waals surface area (Å²) in [4.78, 5) is 0. The number of benzene rings is 2. The number of hydrogen-bond donors (Lipinski definition) is 0. The minimum absolute atomic E-state index is 0.504. The highest BCUT2D eigenvalue weighted by Crippen LogP contribution is 2.38. The van der Waals surface area contributed by atoms with Crippen LogP contribution in [0.1, 0.15) is 12.0 Å². The monoisotopic (exact) mass is 290 g/mol. The minimum atomic E-state index is 0.504. The van der Waals surface area contributed by atoms with E-state index in [0.717, 1.165) is 11.4 Å². The van der Waals surface area contributed by atoms with E-state index in [1.54, 1.807) is 0 Å². The smallest absolute Gasteiger partial charge is 0.0412 e. The molecule has 4 rings (SSSR count). The van der Waals surface area contributed by atoms with Gasteiger partial charge >= 0.3 is 0 Å². The lowest BCUT2D eigenvalue weighted by Crippen LogP contribution is -2.07. The Morgan fingerprint density at radius 3 is 2.90 bits per heavy atom. The molecule has 2 aromatic carbocycles. The molecule has 0 N–H and O–H groups in total. The molecule has 0 fully saturated rings. The first-order chi connectivity index (χ1) is 10.3. The maximum Gasteiger partial charge on any atom is 0.0412 e. The molecule has 0 bridgehead atoms. The molecule has 0 heterocycles. The van der Waals surface area contributed by atoms with Gasteiger partial charge in [-0.15, -0.1) is 0 Å². The lowest BCUT2D eigenvalue weighted by molar-refractivity contribution is 0.784. The van der Waals surface area contributed by atoms with Crippen molar-refractivity contribution in [3.63, 3.8) is 0 Å². The molecular formula is C20H15Cl. The quantitative estimate of drug-likeness (QED) is 0.609. The van der Waals surface area contributed by atoms with Crippen LogP contribution >= 0.6 is 11.6 Å². The molecule has 0 aliphatic heterocycles. The predicted molar refractivity (Wildman–Crippen MR) is 91.4 cm³/mol. The highest BCUT2D eigenvalue weighted by molar-refractivity contribution is 6.31. The summed E-state index contributed by atoms with van der Waals surface area (Å²) in [6.45, 7) is 0. The van der Waals surface area contributed by atoms with Crippen molar-refractivity contribution in [1.29, 1.82) is 0 Å². The van der Waals surface area contributed by atoms with Crippen molar-refractivity contribution in [3.8, 4) is 0 Å². The fraction of sp³-hybridized carbons (Fsp3) is 0.100. The number of hydrogen-bond acceptors (Lipinski definition) is 0. The highest BCUT2D eigenvalue weighted by atomic mass is 35.5. The lowest BCUT2D eigenvalue weighted by Gasteiger charge is -2.23. The molecule has 1 heteroatoms. The van der Waals surface area contributed by atoms with Gasteiger partial charge in [-0.05, 0) is 46.0 Å². The summed E-state index contributed by atoms with van der Waals surface area (Å²) in [5.41, 5.74) is 4.00. The Morgan fingerprint density at radius 1 is 1.00 bits per heavy atom. The minimum Gasteiger partial charge on any atom is -0.0843 e. The molecule has 21 heavy (non-hydrogen) atoms. The predicted octanol–water partition coefficient (Wildman–Crippen LogP) is 5.95. The van der Waals surface area contributed by atoms with E-state index in [9.17, 15) is 0 Å². The first kappa shape index (κ1) is 12.7. The molecule has 0 aromatic heterocycles. The number of halogens is 1. The Morgan fingerprint density at radius 2 is 1.95 bits per heavy atom. The largest absolute Gasteiger partial charge is 0.0843 e. The molecule has 2 aliphatic rings. The molecule has 1 unspecified atom stereocenters. The van der Waals surface area contributed by atoms with Crippen molar-refractivity contribution in [2.75, 3.05) is 0 Å². The fourth-order valence-corrected chi connectivity index (χ4v) is 3.41. The lowest BCUT2D eigenvalue weighted by atomic mass is 9.81. The molecule has 0 nitrogen and oxygen atoms in total. The average molecular weight is 291 g/mol. The second kappa shape index (κ2) is 5.05. The topological polar surface area (TPSA) is 0 Å². The van der Waals surface area contributed by atoms with Crippen LogP contribution in [0.25, 0.3) is 16.3 Å². The van der Waals surface area contributed by atoms with Crippen LogP contribution in [0.3, 0.4) is 0 Å². The maximum absolute atomic E-state index is 6.21. The van der Waals surface area contributed by atoms with Crippen molar-refractivity contribution in [1.82, 2.24) is 0 Å². The van der Waals surface area contributed by atoms with Crippen LogP contribution in [-0.4, -0.2) is 0 Å². The van der Waals surface area contributed by atoms with Gasteiger partial charge in [-0.1, -0.05) is 72.3 Å². The molecule has 2 aliphatic carbocycles. The van der Waals surface area contributed by atoms with E-state index in [1.165, 1.54) is 27.5 Å². The van der Waals surface area contributed by atoms with Crippen LogP contribution in [0.15, 0.2) is 78.4 Å². The molecule has 0 saturated carbocycles. The van der Waals surface area contributed by atoms with Gasteiger partial charge in [-0.25, -0.2) is 0 Å². The van der Waals surface area contributed by atoms with Crippen LogP contribution in [0.5, 0.6) is 0 Å². The zero-order valence-corrected chi connectivity index (χ0v) is 12.3. The molecule has 1 atom stereocenters. The average Bonchev–Trinajstić information content (AvgIpc) is 2.54. The van der Waals surface area contributed by atoms with E-state index < -0.39 is 0 Å². The number of rotatable bonds is 1. The standard InChI is InChI=1S/C20H15Cl/c21-16-12-11-15-7-4-10-19(20(15)13-16)18-9-3-6-14-5-1-2-8-17(14)18/h1-5,7-14H,6H2. The molecule has 102 valence electrons. The van der Waals surface area contributed by atoms with Crippen molar-refractivity contribution in [2.45, 2.75) is 6.42 Å². The Bertz CT molecular complexity index is 834. The second-order valence-corrected chi connectivity index (χ2v) is 5.97. The van der Waals surface area contributed by atoms with E-state index in [2.05, 4.69) is 66.8 Å². The molecule has 0 radical (unpaired) electrons. The molecule has 0 amide bonds. The summed E-state index contributed by atoms with van der Waals surface area (Å²) in [6.07, 6.45) is 14.4. The summed E-state index contributed by atoms with van der Waals surface area (Å²) in [5, 5.41) is 3.24. The molecular weight excluding hydrogens is 276 g/mol. The molecule has 2 aromatic rings. The molecule has 0 saturated heterocycles. The Labute approximate surface area is 129 Å². The van der Waals surface area contributed by atoms with Gasteiger partial charge in [0.15, 0.2) is 0 Å². The fourth-order valence-electron chi connectivity index (χ4n) is 3.23. The van der Waals surface area contributed by atoms with E-state index in [1.807, 2.05) is 6.07 Å². The van der Waals surface area contributed by atoms with E-state index >= 15 is 0 Å². The normalized spacial score (nSPS) is 20.1. The zero-order valence-electron chi connectivity index (χ0n) is 11.6. The number of fused-ring (bicyclic) bond motifs is 2. The van der Waals surface area contributed by atoms with Crippen LogP contribution in [0.4, 0.5) is 0 Å². The summed E-state index contributed by atoms with van der Waals surface area (Å²) in [6, 6.07) is 12.6. The summed E-state index contributed by atoms with van der Waals surface area (Å²) < 4.78 is 0. The highest BCUT2D eigenvalue weighted by Gasteiger charge is 2.19. The van der Waals surface area contributed by atoms with Gasteiger partial charge in [-0.2, -0.15) is 0 Å². The third kappa shape index (κ3) is 2.16. The summed E-state index contributed by atoms with van der Waals surface area (Å²) >= 11 is 6.21. The summed E-state index contributed by atoms with van der Waals surface area (Å²) in [5.74, 6) is 0.504. The zero-order chi connectivity index (χ0) is 14.2. The second-order valence-electron chi connectivity index (χ2n) is 5.53. The van der Waals surface area contributed by atoms with Crippen molar-refractivity contribution < 1.29 is 0 Å². The van der Waals surface area contributed by atoms with Crippen molar-refractivity contribution >= 4 is 27.9 Å². The third-order valence-electron chi connectivity index (χ3n) is 4.25. The Kier molecular flexibility index (Phi) is 3.05. The van der Waals surface area contributed by atoms with Gasteiger partial charge in [0.1, 0.15) is 0 Å². The van der Waals surface area contributed by atoms with Crippen LogP contribution in [0, 0.1) is 5.92 Å². The maximum atomic E-state index is 6.21.